The fourth-order valence-corrected chi connectivity index (χ4v) is 2.16. The lowest BCUT2D eigenvalue weighted by molar-refractivity contribution is 0.0790. The summed E-state index contributed by atoms with van der Waals surface area (Å²) in [6.45, 7) is 6.92. The minimum atomic E-state index is 0.412. The Morgan fingerprint density at radius 1 is 0.952 bits per heavy atom. The van der Waals surface area contributed by atoms with E-state index in [-0.39, 0.29) is 0 Å². The van der Waals surface area contributed by atoms with Crippen molar-refractivity contribution in [2.75, 3.05) is 33.5 Å². The summed E-state index contributed by atoms with van der Waals surface area (Å²) in [6.07, 6.45) is 2.62. The Bertz CT molecular complexity index is 413. The number of nitrogens with zero attached hydrogens (tertiary/aromatic N) is 2. The van der Waals surface area contributed by atoms with Gasteiger partial charge in [-0.05, 0) is 24.8 Å². The van der Waals surface area contributed by atoms with Crippen molar-refractivity contribution >= 4 is 0 Å². The zero-order valence-electron chi connectivity index (χ0n) is 13.4. The van der Waals surface area contributed by atoms with Gasteiger partial charge in [-0.3, -0.25) is 0 Å². The van der Waals surface area contributed by atoms with E-state index >= 15 is 0 Å². The number of hydrogen-bond donors (Lipinski definition) is 1. The molecule has 1 rings (SSSR count). The molecule has 2 N–H and O–H groups in total. The summed E-state index contributed by atoms with van der Waals surface area (Å²) >= 11 is 0. The lowest BCUT2D eigenvalue weighted by atomic mass is 10.0. The lowest BCUT2D eigenvalue weighted by Crippen LogP contribution is -2.15. The fraction of sp³-hybridized carbons (Fsp3) is 0.733. The van der Waals surface area contributed by atoms with E-state index in [9.17, 15) is 0 Å². The first-order valence-electron chi connectivity index (χ1n) is 7.55. The van der Waals surface area contributed by atoms with Crippen molar-refractivity contribution in [3.05, 3.63) is 16.8 Å². The molecule has 120 valence electrons. The second-order valence-corrected chi connectivity index (χ2v) is 4.63. The molecule has 0 saturated heterocycles. The molecule has 1 heterocycles. The molecule has 0 aliphatic rings. The highest BCUT2D eigenvalue weighted by atomic mass is 16.5. The molecule has 0 unspecified atom stereocenters. The van der Waals surface area contributed by atoms with E-state index in [0.29, 0.717) is 38.9 Å². The number of ether oxygens (including phenoxy) is 3. The zero-order valence-corrected chi connectivity index (χ0v) is 13.4. The molecule has 0 amide bonds. The molecule has 0 aliphatic carbocycles. The van der Waals surface area contributed by atoms with Gasteiger partial charge in [-0.25, -0.2) is 0 Å². The van der Waals surface area contributed by atoms with E-state index in [0.717, 1.165) is 36.1 Å². The van der Waals surface area contributed by atoms with Gasteiger partial charge in [0.25, 0.3) is 0 Å². The molecule has 0 atom stereocenters. The standard InChI is InChI=1S/C15H27N3O3/c1-4-12-13(11-16)15(18-17-14(12)5-2)21-10-9-20-8-6-7-19-3/h4-11,16H2,1-3H3. The summed E-state index contributed by atoms with van der Waals surface area (Å²) in [7, 11) is 1.68. The average molecular weight is 297 g/mol. The quantitative estimate of drug-likeness (QED) is 0.623. The van der Waals surface area contributed by atoms with Crippen molar-refractivity contribution in [3.8, 4) is 5.88 Å². The normalized spacial score (nSPS) is 10.9. The van der Waals surface area contributed by atoms with Crippen molar-refractivity contribution in [2.24, 2.45) is 5.73 Å². The molecule has 21 heavy (non-hydrogen) atoms. The topological polar surface area (TPSA) is 79.5 Å². The Labute approximate surface area is 127 Å². The van der Waals surface area contributed by atoms with Crippen LogP contribution in [0, 0.1) is 0 Å². The summed E-state index contributed by atoms with van der Waals surface area (Å²) in [5.74, 6) is 0.534. The Hall–Kier alpha value is -1.24. The van der Waals surface area contributed by atoms with E-state index in [4.69, 9.17) is 19.9 Å². The van der Waals surface area contributed by atoms with E-state index in [1.165, 1.54) is 0 Å². The molecule has 0 saturated carbocycles. The predicted octanol–water partition coefficient (Wildman–Crippen LogP) is 1.49. The summed E-state index contributed by atoms with van der Waals surface area (Å²) < 4.78 is 16.1. The monoisotopic (exact) mass is 297 g/mol. The van der Waals surface area contributed by atoms with Crippen LogP contribution in [0.3, 0.4) is 0 Å². The molecule has 1 aromatic heterocycles. The van der Waals surface area contributed by atoms with E-state index < -0.39 is 0 Å². The molecule has 0 spiro atoms. The van der Waals surface area contributed by atoms with Crippen LogP contribution < -0.4 is 10.5 Å². The van der Waals surface area contributed by atoms with Crippen molar-refractivity contribution in [3.63, 3.8) is 0 Å². The summed E-state index contributed by atoms with van der Waals surface area (Å²) in [6, 6.07) is 0. The molecule has 6 heteroatoms. The largest absolute Gasteiger partial charge is 0.474 e. The maximum Gasteiger partial charge on any atom is 0.238 e. The van der Waals surface area contributed by atoms with Crippen LogP contribution in [0.2, 0.25) is 0 Å². The smallest absolute Gasteiger partial charge is 0.238 e. The number of aromatic nitrogens is 2. The van der Waals surface area contributed by atoms with Crippen LogP contribution in [0.1, 0.15) is 37.1 Å². The van der Waals surface area contributed by atoms with Gasteiger partial charge in [0.15, 0.2) is 0 Å². The molecule has 0 fully saturated rings. The van der Waals surface area contributed by atoms with Crippen molar-refractivity contribution in [1.82, 2.24) is 10.2 Å². The fourth-order valence-electron chi connectivity index (χ4n) is 2.16. The van der Waals surface area contributed by atoms with Gasteiger partial charge in [0.05, 0.1) is 12.3 Å². The SMILES string of the molecule is CCc1nnc(OCCOCCCOC)c(CN)c1CC. The van der Waals surface area contributed by atoms with Crippen LogP contribution in [0.5, 0.6) is 5.88 Å². The minimum Gasteiger partial charge on any atom is -0.474 e. The third kappa shape index (κ3) is 5.57. The van der Waals surface area contributed by atoms with Gasteiger partial charge < -0.3 is 19.9 Å². The van der Waals surface area contributed by atoms with Gasteiger partial charge in [-0.2, -0.15) is 5.10 Å². The Morgan fingerprint density at radius 3 is 2.38 bits per heavy atom. The van der Waals surface area contributed by atoms with E-state index in [1.54, 1.807) is 7.11 Å². The van der Waals surface area contributed by atoms with Gasteiger partial charge in [-0.1, -0.05) is 13.8 Å². The number of rotatable bonds is 11. The van der Waals surface area contributed by atoms with Crippen LogP contribution in [-0.2, 0) is 28.9 Å². The molecule has 0 bridgehead atoms. The summed E-state index contributed by atoms with van der Waals surface area (Å²) in [5, 5.41) is 8.38. The number of nitrogens with two attached hydrogens (primary N) is 1. The Kier molecular flexibility index (Phi) is 8.89. The number of methoxy groups -OCH3 is 1. The van der Waals surface area contributed by atoms with Gasteiger partial charge in [0, 0.05) is 32.4 Å². The van der Waals surface area contributed by atoms with Crippen LogP contribution in [0.15, 0.2) is 0 Å². The molecule has 0 aliphatic heterocycles. The third-order valence-electron chi connectivity index (χ3n) is 3.23. The first kappa shape index (κ1) is 17.8. The van der Waals surface area contributed by atoms with E-state index in [1.807, 2.05) is 0 Å². The van der Waals surface area contributed by atoms with Crippen LogP contribution in [-0.4, -0.2) is 43.7 Å². The molecule has 0 radical (unpaired) electrons. The van der Waals surface area contributed by atoms with Crippen molar-refractivity contribution < 1.29 is 14.2 Å². The first-order chi connectivity index (χ1) is 10.3. The van der Waals surface area contributed by atoms with Crippen LogP contribution >= 0.6 is 0 Å². The average Bonchev–Trinajstić information content (AvgIpc) is 2.52. The summed E-state index contributed by atoms with van der Waals surface area (Å²) in [4.78, 5) is 0. The van der Waals surface area contributed by atoms with Gasteiger partial charge in [0.1, 0.15) is 6.61 Å². The maximum atomic E-state index is 5.84. The van der Waals surface area contributed by atoms with Crippen molar-refractivity contribution in [2.45, 2.75) is 39.7 Å². The first-order valence-corrected chi connectivity index (χ1v) is 7.55. The van der Waals surface area contributed by atoms with Crippen LogP contribution in [0.4, 0.5) is 0 Å². The predicted molar refractivity (Wildman–Crippen MR) is 81.5 cm³/mol. The Morgan fingerprint density at radius 2 is 1.76 bits per heavy atom. The van der Waals surface area contributed by atoms with Gasteiger partial charge in [-0.15, -0.1) is 5.10 Å². The number of aryl methyl sites for hydroxylation is 1. The molecule has 0 aromatic carbocycles. The van der Waals surface area contributed by atoms with Gasteiger partial charge in [0.2, 0.25) is 5.88 Å². The number of hydrogen-bond acceptors (Lipinski definition) is 6. The highest BCUT2D eigenvalue weighted by Gasteiger charge is 2.14. The maximum absolute atomic E-state index is 5.84. The molecule has 1 aromatic rings. The second-order valence-electron chi connectivity index (χ2n) is 4.63. The van der Waals surface area contributed by atoms with Gasteiger partial charge >= 0.3 is 0 Å². The lowest BCUT2D eigenvalue weighted by Gasteiger charge is -2.14. The Balaban J connectivity index is 2.51. The van der Waals surface area contributed by atoms with E-state index in [2.05, 4.69) is 24.0 Å². The van der Waals surface area contributed by atoms with Crippen molar-refractivity contribution in [1.29, 1.82) is 0 Å². The van der Waals surface area contributed by atoms with Crippen LogP contribution in [0.25, 0.3) is 0 Å². The zero-order chi connectivity index (χ0) is 15.5. The molecular weight excluding hydrogens is 270 g/mol. The highest BCUT2D eigenvalue weighted by Crippen LogP contribution is 2.22. The second kappa shape index (κ2) is 10.5. The molecular formula is C15H27N3O3. The third-order valence-corrected chi connectivity index (χ3v) is 3.23. The minimum absolute atomic E-state index is 0.412. The summed E-state index contributed by atoms with van der Waals surface area (Å²) in [5.41, 5.74) is 8.96. The molecule has 6 nitrogen and oxygen atoms in total. The highest BCUT2D eigenvalue weighted by molar-refractivity contribution is 5.36.